The van der Waals surface area contributed by atoms with Gasteiger partial charge in [-0.1, -0.05) is 6.08 Å². The molecule has 1 radical (unpaired) electrons. The maximum atomic E-state index is 10.5. The highest BCUT2D eigenvalue weighted by Crippen LogP contribution is 1.82. The largest absolute Gasteiger partial charge is 0.463 e. The van der Waals surface area contributed by atoms with Crippen LogP contribution in [-0.2, 0) is 9.53 Å². The number of carbonyl (C=O) groups excluding carboxylic acids is 1. The summed E-state index contributed by atoms with van der Waals surface area (Å²) >= 11 is 0. The third-order valence-corrected chi connectivity index (χ3v) is 0.707. The van der Waals surface area contributed by atoms with E-state index in [-0.39, 0.29) is 5.97 Å². The van der Waals surface area contributed by atoms with Gasteiger partial charge in [0, 0.05) is 6.08 Å². The molecule has 0 spiro atoms. The standard InChI is InChI=1S/C7H11O2/c1-3-5-6-7(8)9-4-2/h5-6H,1,3-4H2,2H3/b6-5+. The summed E-state index contributed by atoms with van der Waals surface area (Å²) in [5, 5.41) is 0. The second kappa shape index (κ2) is 5.35. The van der Waals surface area contributed by atoms with Gasteiger partial charge in [-0.15, -0.1) is 0 Å². The Kier molecular flexibility index (Phi) is 4.88. The summed E-state index contributed by atoms with van der Waals surface area (Å²) in [4.78, 5) is 10.5. The van der Waals surface area contributed by atoms with E-state index in [1.165, 1.54) is 6.08 Å². The molecule has 0 rings (SSSR count). The highest BCUT2D eigenvalue weighted by molar-refractivity contribution is 5.81. The normalized spacial score (nSPS) is 10.0. The lowest BCUT2D eigenvalue weighted by Gasteiger charge is -1.92. The molecule has 0 fully saturated rings. The highest BCUT2D eigenvalue weighted by atomic mass is 16.5. The molecule has 0 amide bonds. The first-order valence-corrected chi connectivity index (χ1v) is 2.93. The van der Waals surface area contributed by atoms with Crippen molar-refractivity contribution in [1.29, 1.82) is 0 Å². The van der Waals surface area contributed by atoms with Gasteiger partial charge in [0.15, 0.2) is 0 Å². The number of carbonyl (C=O) groups is 1. The van der Waals surface area contributed by atoms with Crippen molar-refractivity contribution in [2.45, 2.75) is 13.3 Å². The summed E-state index contributed by atoms with van der Waals surface area (Å²) in [5.74, 6) is -0.291. The van der Waals surface area contributed by atoms with E-state index in [0.29, 0.717) is 13.0 Å². The van der Waals surface area contributed by atoms with Crippen molar-refractivity contribution in [3.63, 3.8) is 0 Å². The van der Waals surface area contributed by atoms with Crippen molar-refractivity contribution in [2.24, 2.45) is 0 Å². The molecule has 0 saturated carbocycles. The van der Waals surface area contributed by atoms with E-state index in [0.717, 1.165) is 0 Å². The summed E-state index contributed by atoms with van der Waals surface area (Å²) in [5.41, 5.74) is 0. The van der Waals surface area contributed by atoms with Crippen LogP contribution in [0.25, 0.3) is 0 Å². The van der Waals surface area contributed by atoms with Crippen molar-refractivity contribution in [3.05, 3.63) is 19.1 Å². The number of esters is 1. The van der Waals surface area contributed by atoms with E-state index in [1.807, 2.05) is 0 Å². The van der Waals surface area contributed by atoms with Crippen LogP contribution in [0.15, 0.2) is 12.2 Å². The Hall–Kier alpha value is -0.790. The Labute approximate surface area is 55.5 Å². The van der Waals surface area contributed by atoms with Gasteiger partial charge >= 0.3 is 5.97 Å². The second-order valence-corrected chi connectivity index (χ2v) is 1.44. The number of hydrogen-bond acceptors (Lipinski definition) is 2. The van der Waals surface area contributed by atoms with E-state index in [4.69, 9.17) is 0 Å². The molecule has 0 aromatic rings. The van der Waals surface area contributed by atoms with Crippen molar-refractivity contribution >= 4 is 5.97 Å². The van der Waals surface area contributed by atoms with Gasteiger partial charge in [0.05, 0.1) is 6.61 Å². The molecular weight excluding hydrogens is 116 g/mol. The smallest absolute Gasteiger partial charge is 0.330 e. The Bertz CT molecular complexity index is 105. The summed E-state index contributed by atoms with van der Waals surface area (Å²) in [6.07, 6.45) is 3.67. The minimum atomic E-state index is -0.291. The number of ether oxygens (including phenoxy) is 1. The van der Waals surface area contributed by atoms with Crippen LogP contribution in [0.2, 0.25) is 0 Å². The molecule has 0 saturated heterocycles. The van der Waals surface area contributed by atoms with E-state index < -0.39 is 0 Å². The zero-order valence-electron chi connectivity index (χ0n) is 5.59. The lowest BCUT2D eigenvalue weighted by atomic mass is 10.4. The molecule has 0 bridgehead atoms. The van der Waals surface area contributed by atoms with Crippen LogP contribution in [0.5, 0.6) is 0 Å². The van der Waals surface area contributed by atoms with Crippen molar-refractivity contribution < 1.29 is 9.53 Å². The predicted molar refractivity (Wildman–Crippen MR) is 35.7 cm³/mol. The summed E-state index contributed by atoms with van der Waals surface area (Å²) < 4.78 is 4.59. The minimum Gasteiger partial charge on any atom is -0.463 e. The molecule has 0 aliphatic heterocycles. The topological polar surface area (TPSA) is 26.3 Å². The lowest BCUT2D eigenvalue weighted by molar-refractivity contribution is -0.137. The molecule has 0 N–H and O–H groups in total. The summed E-state index contributed by atoms with van der Waals surface area (Å²) in [6.45, 7) is 5.73. The third-order valence-electron chi connectivity index (χ3n) is 0.707. The Balaban J connectivity index is 3.37. The summed E-state index contributed by atoms with van der Waals surface area (Å²) in [6, 6.07) is 0. The molecule has 2 nitrogen and oxygen atoms in total. The molecule has 0 atom stereocenters. The van der Waals surface area contributed by atoms with Gasteiger partial charge in [0.1, 0.15) is 0 Å². The Morgan fingerprint density at radius 1 is 1.78 bits per heavy atom. The van der Waals surface area contributed by atoms with Crippen LogP contribution in [0.4, 0.5) is 0 Å². The van der Waals surface area contributed by atoms with Gasteiger partial charge in [-0.05, 0) is 20.3 Å². The van der Waals surface area contributed by atoms with Crippen LogP contribution in [-0.4, -0.2) is 12.6 Å². The first-order chi connectivity index (χ1) is 4.31. The van der Waals surface area contributed by atoms with Gasteiger partial charge in [-0.25, -0.2) is 4.79 Å². The fourth-order valence-electron chi connectivity index (χ4n) is 0.370. The maximum absolute atomic E-state index is 10.5. The molecular formula is C7H11O2. The number of allylic oxidation sites excluding steroid dienone is 1. The quantitative estimate of drug-likeness (QED) is 0.422. The Morgan fingerprint density at radius 2 is 2.44 bits per heavy atom. The molecule has 0 heterocycles. The molecule has 9 heavy (non-hydrogen) atoms. The lowest BCUT2D eigenvalue weighted by Crippen LogP contribution is -1.98. The van der Waals surface area contributed by atoms with Crippen molar-refractivity contribution in [2.75, 3.05) is 6.61 Å². The van der Waals surface area contributed by atoms with Gasteiger partial charge < -0.3 is 4.74 Å². The number of hydrogen-bond donors (Lipinski definition) is 0. The van der Waals surface area contributed by atoms with E-state index in [2.05, 4.69) is 11.7 Å². The van der Waals surface area contributed by atoms with Gasteiger partial charge in [-0.3, -0.25) is 0 Å². The van der Waals surface area contributed by atoms with Gasteiger partial charge in [0.25, 0.3) is 0 Å². The molecule has 0 unspecified atom stereocenters. The molecule has 51 valence electrons. The fraction of sp³-hybridized carbons (Fsp3) is 0.429. The van der Waals surface area contributed by atoms with Crippen LogP contribution in [0.3, 0.4) is 0 Å². The fourth-order valence-corrected chi connectivity index (χ4v) is 0.370. The zero-order chi connectivity index (χ0) is 7.11. The monoisotopic (exact) mass is 127 g/mol. The molecule has 0 aliphatic rings. The van der Waals surface area contributed by atoms with Crippen molar-refractivity contribution in [3.8, 4) is 0 Å². The molecule has 0 aromatic carbocycles. The van der Waals surface area contributed by atoms with E-state index >= 15 is 0 Å². The summed E-state index contributed by atoms with van der Waals surface area (Å²) in [7, 11) is 0. The van der Waals surface area contributed by atoms with Crippen molar-refractivity contribution in [1.82, 2.24) is 0 Å². The SMILES string of the molecule is [CH2]C/C=C/C(=O)OCC. The molecule has 0 aliphatic carbocycles. The average Bonchev–Trinajstić information content (AvgIpc) is 1.85. The maximum Gasteiger partial charge on any atom is 0.330 e. The molecule has 0 aromatic heterocycles. The first-order valence-electron chi connectivity index (χ1n) is 2.93. The van der Waals surface area contributed by atoms with Crippen LogP contribution >= 0.6 is 0 Å². The average molecular weight is 127 g/mol. The highest BCUT2D eigenvalue weighted by Gasteiger charge is 1.89. The van der Waals surface area contributed by atoms with E-state index in [1.54, 1.807) is 13.0 Å². The van der Waals surface area contributed by atoms with Crippen LogP contribution < -0.4 is 0 Å². The zero-order valence-corrected chi connectivity index (χ0v) is 5.59. The van der Waals surface area contributed by atoms with Gasteiger partial charge in [0.2, 0.25) is 0 Å². The van der Waals surface area contributed by atoms with Crippen LogP contribution in [0, 0.1) is 6.92 Å². The second-order valence-electron chi connectivity index (χ2n) is 1.44. The van der Waals surface area contributed by atoms with Gasteiger partial charge in [-0.2, -0.15) is 0 Å². The Morgan fingerprint density at radius 3 is 2.89 bits per heavy atom. The van der Waals surface area contributed by atoms with Crippen LogP contribution in [0.1, 0.15) is 13.3 Å². The number of rotatable bonds is 3. The van der Waals surface area contributed by atoms with E-state index in [9.17, 15) is 4.79 Å². The predicted octanol–water partition coefficient (Wildman–Crippen LogP) is 1.33. The third kappa shape index (κ3) is 5.07. The molecule has 2 heteroatoms. The first kappa shape index (κ1) is 8.21. The minimum absolute atomic E-state index is 0.291.